The zero-order valence-corrected chi connectivity index (χ0v) is 26.6. The van der Waals surface area contributed by atoms with E-state index in [1.54, 1.807) is 11.0 Å². The first-order chi connectivity index (χ1) is 22.4. The maximum Gasteiger partial charge on any atom is 0.410 e. The Kier molecular flexibility index (Phi) is 7.24. The molecule has 2 aromatic carbocycles. The first-order valence-electron chi connectivity index (χ1n) is 15.3. The molecule has 0 spiro atoms. The number of ether oxygens (including phenoxy) is 4. The number of aromatic nitrogens is 3. The first-order valence-corrected chi connectivity index (χ1v) is 15.3. The van der Waals surface area contributed by atoms with Crippen LogP contribution < -0.4 is 20.1 Å². The van der Waals surface area contributed by atoms with Crippen molar-refractivity contribution >= 4 is 33.6 Å². The molecule has 3 aliphatic rings. The number of carbonyl (C=O) groups excluding carboxylic acids is 1. The molecule has 2 fully saturated rings. The Hall–Kier alpha value is -4.96. The number of rotatable bonds is 4. The SMILES string of the molecule is C#Cc1c(F)ccc2cc(OCOC)cc(-c3nc4c5c(nc(=O)n(C)c5c3F)N3CC5CCC(C3CO4)N5C(=O)OC(C)(C)C)c12. The molecule has 7 rings (SSSR count). The Morgan fingerprint density at radius 3 is 2.66 bits per heavy atom. The first kappa shape index (κ1) is 30.7. The summed E-state index contributed by atoms with van der Waals surface area (Å²) in [7, 11) is 2.88. The largest absolute Gasteiger partial charge is 0.475 e. The van der Waals surface area contributed by atoms with Gasteiger partial charge in [0.15, 0.2) is 12.6 Å². The predicted octanol–water partition coefficient (Wildman–Crippen LogP) is 4.74. The molecule has 244 valence electrons. The Morgan fingerprint density at radius 1 is 1.15 bits per heavy atom. The lowest BCUT2D eigenvalue weighted by molar-refractivity contribution is 0.00539. The lowest BCUT2D eigenvalue weighted by atomic mass is 9.95. The van der Waals surface area contributed by atoms with Crippen molar-refractivity contribution in [2.75, 3.05) is 32.0 Å². The number of terminal acetylenes is 1. The number of anilines is 1. The highest BCUT2D eigenvalue weighted by atomic mass is 19.1. The highest BCUT2D eigenvalue weighted by molar-refractivity contribution is 6.04. The number of hydrogen-bond acceptors (Lipinski definition) is 9. The van der Waals surface area contributed by atoms with Crippen molar-refractivity contribution in [2.24, 2.45) is 7.05 Å². The van der Waals surface area contributed by atoms with E-state index >= 15 is 8.78 Å². The third-order valence-corrected chi connectivity index (χ3v) is 8.98. The molecule has 0 saturated carbocycles. The molecule has 2 saturated heterocycles. The third-order valence-electron chi connectivity index (χ3n) is 8.98. The maximum absolute atomic E-state index is 17.0. The molecule has 3 atom stereocenters. The summed E-state index contributed by atoms with van der Waals surface area (Å²) in [6, 6.07) is 4.97. The van der Waals surface area contributed by atoms with Crippen molar-refractivity contribution in [2.45, 2.75) is 57.3 Å². The van der Waals surface area contributed by atoms with Crippen LogP contribution in [0.3, 0.4) is 0 Å². The van der Waals surface area contributed by atoms with Gasteiger partial charge in [-0.05, 0) is 57.2 Å². The molecular formula is C34H33F2N5O6. The number of halogens is 2. The highest BCUT2D eigenvalue weighted by Gasteiger charge is 2.51. The van der Waals surface area contributed by atoms with Gasteiger partial charge in [0, 0.05) is 31.7 Å². The van der Waals surface area contributed by atoms with Crippen LogP contribution in [0.4, 0.5) is 19.4 Å². The number of pyridine rings is 1. The number of aryl methyl sites for hydroxylation is 1. The van der Waals surface area contributed by atoms with E-state index < -0.39 is 35.1 Å². The van der Waals surface area contributed by atoms with Gasteiger partial charge in [-0.3, -0.25) is 9.47 Å². The molecule has 13 heteroatoms. The quantitative estimate of drug-likeness (QED) is 0.230. The summed E-state index contributed by atoms with van der Waals surface area (Å²) in [5, 5.41) is 0.946. The second kappa shape index (κ2) is 11.1. The molecule has 3 aliphatic heterocycles. The minimum absolute atomic E-state index is 0.0404. The number of fused-ring (bicyclic) bond motifs is 6. The van der Waals surface area contributed by atoms with Crippen LogP contribution in [0, 0.1) is 24.0 Å². The van der Waals surface area contributed by atoms with E-state index in [0.29, 0.717) is 24.1 Å². The molecule has 2 bridgehead atoms. The molecule has 1 amide bonds. The molecule has 3 unspecified atom stereocenters. The fourth-order valence-electron chi connectivity index (χ4n) is 7.05. The molecule has 4 aromatic rings. The van der Waals surface area contributed by atoms with Gasteiger partial charge in [0.25, 0.3) is 0 Å². The Morgan fingerprint density at radius 2 is 1.94 bits per heavy atom. The zero-order chi connectivity index (χ0) is 33.4. The third kappa shape index (κ3) is 4.90. The van der Waals surface area contributed by atoms with E-state index in [-0.39, 0.29) is 70.3 Å². The number of hydrogen-bond donors (Lipinski definition) is 0. The number of piperazine rings is 1. The van der Waals surface area contributed by atoms with E-state index in [9.17, 15) is 9.59 Å². The van der Waals surface area contributed by atoms with E-state index in [1.807, 2.05) is 25.7 Å². The molecular weight excluding hydrogens is 612 g/mol. The molecule has 5 heterocycles. The van der Waals surface area contributed by atoms with Crippen LogP contribution in [0.25, 0.3) is 32.9 Å². The smallest absolute Gasteiger partial charge is 0.410 e. The van der Waals surface area contributed by atoms with E-state index in [4.69, 9.17) is 25.4 Å². The van der Waals surface area contributed by atoms with Gasteiger partial charge >= 0.3 is 11.8 Å². The monoisotopic (exact) mass is 645 g/mol. The molecule has 2 aromatic heterocycles. The van der Waals surface area contributed by atoms with Crippen LogP contribution in [-0.2, 0) is 16.5 Å². The molecule has 47 heavy (non-hydrogen) atoms. The summed E-state index contributed by atoms with van der Waals surface area (Å²) in [6.07, 6.45) is 6.74. The second-order valence-corrected chi connectivity index (χ2v) is 13.0. The summed E-state index contributed by atoms with van der Waals surface area (Å²) < 4.78 is 56.0. The van der Waals surface area contributed by atoms with E-state index in [2.05, 4.69) is 15.9 Å². The number of benzene rings is 2. The number of carbonyl (C=O) groups is 1. The van der Waals surface area contributed by atoms with Crippen LogP contribution in [0.2, 0.25) is 0 Å². The standard InChI is InChI=1S/C34H33F2N5O6/c1-7-20-22(35)10-8-17-12-19(46-16-44-6)13-21(25(17)20)28-27(36)29-26-30(38-32(42)39(29)5)40-14-18-9-11-23(24(40)15-45-31(26)37-28)41(18)33(43)47-34(2,3)4/h1,8,10,12-13,18,23-24H,9,11,14-16H2,2-6H3. The Bertz CT molecular complexity index is 2070. The topological polar surface area (TPSA) is 108 Å². The highest BCUT2D eigenvalue weighted by Crippen LogP contribution is 2.45. The lowest BCUT2D eigenvalue weighted by Gasteiger charge is -2.46. The average Bonchev–Trinajstić information content (AvgIpc) is 3.26. The van der Waals surface area contributed by atoms with Crippen LogP contribution >= 0.6 is 0 Å². The average molecular weight is 646 g/mol. The zero-order valence-electron chi connectivity index (χ0n) is 26.6. The Labute approximate surface area is 269 Å². The number of methoxy groups -OCH3 is 1. The van der Waals surface area contributed by atoms with Gasteiger partial charge in [-0.1, -0.05) is 12.0 Å². The van der Waals surface area contributed by atoms with Crippen molar-refractivity contribution < 1.29 is 32.5 Å². The van der Waals surface area contributed by atoms with Crippen LogP contribution in [0.15, 0.2) is 29.1 Å². The maximum atomic E-state index is 17.0. The number of amides is 1. The number of nitrogens with zero attached hydrogens (tertiary/aromatic N) is 5. The summed E-state index contributed by atoms with van der Waals surface area (Å²) in [5.41, 5.74) is -1.61. The minimum atomic E-state index is -0.846. The molecule has 11 nitrogen and oxygen atoms in total. The fourth-order valence-corrected chi connectivity index (χ4v) is 7.05. The van der Waals surface area contributed by atoms with Gasteiger partial charge in [-0.15, -0.1) is 6.42 Å². The van der Waals surface area contributed by atoms with Crippen LogP contribution in [0.5, 0.6) is 11.6 Å². The van der Waals surface area contributed by atoms with Crippen LogP contribution in [-0.4, -0.2) is 76.3 Å². The minimum Gasteiger partial charge on any atom is -0.475 e. The van der Waals surface area contributed by atoms with Crippen molar-refractivity contribution in [1.29, 1.82) is 0 Å². The van der Waals surface area contributed by atoms with Gasteiger partial charge in [-0.25, -0.2) is 23.4 Å². The van der Waals surface area contributed by atoms with Gasteiger partial charge < -0.3 is 23.8 Å². The van der Waals surface area contributed by atoms with Gasteiger partial charge in [-0.2, -0.15) is 4.98 Å². The normalized spacial score (nSPS) is 20.1. The van der Waals surface area contributed by atoms with Crippen molar-refractivity contribution in [3.05, 3.63) is 51.9 Å². The summed E-state index contributed by atoms with van der Waals surface area (Å²) in [6.45, 7) is 5.76. The summed E-state index contributed by atoms with van der Waals surface area (Å²) in [5.74, 6) is 1.45. The van der Waals surface area contributed by atoms with E-state index in [0.717, 1.165) is 11.0 Å². The molecule has 0 radical (unpaired) electrons. The predicted molar refractivity (Wildman–Crippen MR) is 170 cm³/mol. The second-order valence-electron chi connectivity index (χ2n) is 13.0. The van der Waals surface area contributed by atoms with Crippen LogP contribution in [0.1, 0.15) is 39.2 Å². The molecule has 0 aliphatic carbocycles. The van der Waals surface area contributed by atoms with Gasteiger partial charge in [0.05, 0.1) is 29.2 Å². The summed E-state index contributed by atoms with van der Waals surface area (Å²) in [4.78, 5) is 39.4. The fraction of sp³-hybridized carbons (Fsp3) is 0.412. The van der Waals surface area contributed by atoms with Gasteiger partial charge in [0.2, 0.25) is 5.88 Å². The van der Waals surface area contributed by atoms with Gasteiger partial charge in [0.1, 0.15) is 40.7 Å². The molecule has 0 N–H and O–H groups in total. The van der Waals surface area contributed by atoms with E-state index in [1.165, 1.54) is 32.4 Å². The summed E-state index contributed by atoms with van der Waals surface area (Å²) >= 11 is 0. The van der Waals surface area contributed by atoms with Crippen molar-refractivity contribution in [3.63, 3.8) is 0 Å². The van der Waals surface area contributed by atoms with Crippen molar-refractivity contribution in [3.8, 4) is 35.2 Å². The van der Waals surface area contributed by atoms with Crippen molar-refractivity contribution in [1.82, 2.24) is 19.4 Å². The lowest BCUT2D eigenvalue weighted by Crippen LogP contribution is -2.63. The Balaban J connectivity index is 1.43.